The Morgan fingerprint density at radius 1 is 1.32 bits per heavy atom. The average molecular weight is 283 g/mol. The highest BCUT2D eigenvalue weighted by Crippen LogP contribution is 2.37. The fourth-order valence-corrected chi connectivity index (χ4v) is 3.00. The molecule has 3 nitrogen and oxygen atoms in total. The van der Waals surface area contributed by atoms with Gasteiger partial charge in [0.1, 0.15) is 5.75 Å². The van der Waals surface area contributed by atoms with E-state index in [1.807, 2.05) is 18.2 Å². The van der Waals surface area contributed by atoms with Gasteiger partial charge in [-0.25, -0.2) is 0 Å². The van der Waals surface area contributed by atoms with Crippen LogP contribution in [0.2, 0.25) is 5.02 Å². The van der Waals surface area contributed by atoms with Crippen LogP contribution in [0, 0.1) is 0 Å². The highest BCUT2D eigenvalue weighted by Gasteiger charge is 2.36. The minimum Gasteiger partial charge on any atom is -0.496 e. The van der Waals surface area contributed by atoms with Crippen LogP contribution >= 0.6 is 11.6 Å². The molecule has 0 amide bonds. The summed E-state index contributed by atoms with van der Waals surface area (Å²) in [6, 6.07) is 5.51. The molecule has 1 unspecified atom stereocenters. The van der Waals surface area contributed by atoms with Crippen LogP contribution < -0.4 is 10.5 Å². The highest BCUT2D eigenvalue weighted by molar-refractivity contribution is 6.30. The minimum absolute atomic E-state index is 0.103. The molecule has 1 aliphatic heterocycles. The zero-order chi connectivity index (χ0) is 14.0. The molecule has 1 saturated heterocycles. The molecule has 2 N–H and O–H groups in total. The molecule has 106 valence electrons. The van der Waals surface area contributed by atoms with Crippen LogP contribution in [0.15, 0.2) is 18.2 Å². The normalized spacial score (nSPS) is 18.6. The van der Waals surface area contributed by atoms with Crippen molar-refractivity contribution < 1.29 is 4.74 Å². The lowest BCUT2D eigenvalue weighted by Crippen LogP contribution is -2.50. The van der Waals surface area contributed by atoms with Gasteiger partial charge < -0.3 is 10.5 Å². The van der Waals surface area contributed by atoms with Gasteiger partial charge in [0.05, 0.1) is 13.2 Å². The molecule has 0 spiro atoms. The fraction of sp³-hybridized carbons (Fsp3) is 0.600. The first-order valence-corrected chi connectivity index (χ1v) is 7.18. The molecular weight excluding hydrogens is 260 g/mol. The number of methoxy groups -OCH3 is 1. The zero-order valence-electron chi connectivity index (χ0n) is 11.9. The first-order valence-electron chi connectivity index (χ1n) is 6.81. The van der Waals surface area contributed by atoms with E-state index in [2.05, 4.69) is 18.7 Å². The Morgan fingerprint density at radius 2 is 1.95 bits per heavy atom. The molecule has 1 fully saturated rings. The number of hydrogen-bond donors (Lipinski definition) is 1. The summed E-state index contributed by atoms with van der Waals surface area (Å²) in [5.74, 6) is 0.809. The summed E-state index contributed by atoms with van der Waals surface area (Å²) >= 11 is 6.10. The third kappa shape index (κ3) is 2.88. The van der Waals surface area contributed by atoms with Gasteiger partial charge in [-0.05, 0) is 58.0 Å². The molecule has 1 aromatic rings. The van der Waals surface area contributed by atoms with Crippen molar-refractivity contribution in [3.8, 4) is 5.75 Å². The SMILES string of the molecule is COc1ccc(Cl)cc1C(N)C(C)(C)N1CCCC1. The Hall–Kier alpha value is -0.770. The van der Waals surface area contributed by atoms with Crippen LogP contribution in [0.25, 0.3) is 0 Å². The highest BCUT2D eigenvalue weighted by atomic mass is 35.5. The monoisotopic (exact) mass is 282 g/mol. The topological polar surface area (TPSA) is 38.5 Å². The van der Waals surface area contributed by atoms with Crippen molar-refractivity contribution >= 4 is 11.6 Å². The van der Waals surface area contributed by atoms with Crippen LogP contribution in [-0.4, -0.2) is 30.6 Å². The Balaban J connectivity index is 2.31. The van der Waals surface area contributed by atoms with Crippen molar-refractivity contribution in [3.05, 3.63) is 28.8 Å². The molecule has 2 rings (SSSR count). The lowest BCUT2D eigenvalue weighted by Gasteiger charge is -2.41. The lowest BCUT2D eigenvalue weighted by molar-refractivity contribution is 0.123. The van der Waals surface area contributed by atoms with Gasteiger partial charge in [0.2, 0.25) is 0 Å². The van der Waals surface area contributed by atoms with Crippen LogP contribution in [0.5, 0.6) is 5.75 Å². The maximum absolute atomic E-state index is 6.52. The quantitative estimate of drug-likeness (QED) is 0.921. The molecule has 1 aliphatic rings. The molecule has 1 heterocycles. The van der Waals surface area contributed by atoms with Crippen molar-refractivity contribution in [3.63, 3.8) is 0 Å². The second-order valence-corrected chi connectivity index (χ2v) is 6.15. The molecule has 0 aromatic heterocycles. The third-order valence-electron chi connectivity index (χ3n) is 4.21. The van der Waals surface area contributed by atoms with E-state index in [9.17, 15) is 0 Å². The van der Waals surface area contributed by atoms with Crippen LogP contribution in [0.3, 0.4) is 0 Å². The molecule has 0 aliphatic carbocycles. The van der Waals surface area contributed by atoms with E-state index in [1.165, 1.54) is 12.8 Å². The number of hydrogen-bond acceptors (Lipinski definition) is 3. The van der Waals surface area contributed by atoms with Crippen molar-refractivity contribution in [2.45, 2.75) is 38.3 Å². The predicted octanol–water partition coefficient (Wildman–Crippen LogP) is 3.22. The first kappa shape index (κ1) is 14.6. The van der Waals surface area contributed by atoms with Gasteiger partial charge in [-0.15, -0.1) is 0 Å². The molecule has 0 radical (unpaired) electrons. The van der Waals surface area contributed by atoms with Crippen LogP contribution in [-0.2, 0) is 0 Å². The number of halogens is 1. The van der Waals surface area contributed by atoms with E-state index < -0.39 is 0 Å². The third-order valence-corrected chi connectivity index (χ3v) is 4.44. The van der Waals surface area contributed by atoms with E-state index in [0.717, 1.165) is 24.4 Å². The maximum Gasteiger partial charge on any atom is 0.123 e. The van der Waals surface area contributed by atoms with E-state index in [-0.39, 0.29) is 11.6 Å². The number of likely N-dealkylation sites (tertiary alicyclic amines) is 1. The Kier molecular flexibility index (Phi) is 4.39. The summed E-state index contributed by atoms with van der Waals surface area (Å²) in [6.07, 6.45) is 2.51. The zero-order valence-corrected chi connectivity index (χ0v) is 12.7. The van der Waals surface area contributed by atoms with Crippen LogP contribution in [0.1, 0.15) is 38.3 Å². The van der Waals surface area contributed by atoms with Gasteiger partial charge in [-0.1, -0.05) is 11.6 Å². The van der Waals surface area contributed by atoms with Gasteiger partial charge in [-0.3, -0.25) is 4.90 Å². The van der Waals surface area contributed by atoms with E-state index in [0.29, 0.717) is 5.02 Å². The van der Waals surface area contributed by atoms with Crippen molar-refractivity contribution in [1.82, 2.24) is 4.90 Å². The average Bonchev–Trinajstić information content (AvgIpc) is 2.92. The summed E-state index contributed by atoms with van der Waals surface area (Å²) < 4.78 is 5.42. The summed E-state index contributed by atoms with van der Waals surface area (Å²) in [5.41, 5.74) is 7.39. The van der Waals surface area contributed by atoms with Gasteiger partial charge >= 0.3 is 0 Å². The van der Waals surface area contributed by atoms with E-state index >= 15 is 0 Å². The van der Waals surface area contributed by atoms with Crippen molar-refractivity contribution in [1.29, 1.82) is 0 Å². The molecule has 0 bridgehead atoms. The number of ether oxygens (including phenoxy) is 1. The molecule has 4 heteroatoms. The van der Waals surface area contributed by atoms with Gasteiger partial charge in [0.15, 0.2) is 0 Å². The first-order chi connectivity index (χ1) is 8.96. The summed E-state index contributed by atoms with van der Waals surface area (Å²) in [4.78, 5) is 2.46. The summed E-state index contributed by atoms with van der Waals surface area (Å²) in [6.45, 7) is 6.62. The van der Waals surface area contributed by atoms with E-state index in [4.69, 9.17) is 22.1 Å². The Bertz CT molecular complexity index is 442. The molecule has 0 saturated carbocycles. The van der Waals surface area contributed by atoms with Crippen LogP contribution in [0.4, 0.5) is 0 Å². The van der Waals surface area contributed by atoms with Gasteiger partial charge in [0, 0.05) is 16.1 Å². The second-order valence-electron chi connectivity index (χ2n) is 5.71. The van der Waals surface area contributed by atoms with Gasteiger partial charge in [0.25, 0.3) is 0 Å². The largest absolute Gasteiger partial charge is 0.496 e. The number of rotatable bonds is 4. The molecule has 1 aromatic carbocycles. The number of nitrogens with two attached hydrogens (primary N) is 1. The standard InChI is InChI=1S/C15H23ClN2O/c1-15(2,18-8-4-5-9-18)14(17)12-10-11(16)6-7-13(12)19-3/h6-7,10,14H,4-5,8-9,17H2,1-3H3. The summed E-state index contributed by atoms with van der Waals surface area (Å²) in [7, 11) is 1.67. The lowest BCUT2D eigenvalue weighted by atomic mass is 9.87. The number of nitrogens with zero attached hydrogens (tertiary/aromatic N) is 1. The smallest absolute Gasteiger partial charge is 0.123 e. The second kappa shape index (κ2) is 5.70. The number of benzene rings is 1. The predicted molar refractivity (Wildman–Crippen MR) is 79.8 cm³/mol. The van der Waals surface area contributed by atoms with Crippen molar-refractivity contribution in [2.75, 3.05) is 20.2 Å². The minimum atomic E-state index is -0.126. The van der Waals surface area contributed by atoms with Crippen molar-refractivity contribution in [2.24, 2.45) is 5.73 Å². The molecular formula is C15H23ClN2O. The Morgan fingerprint density at radius 3 is 2.53 bits per heavy atom. The molecule has 19 heavy (non-hydrogen) atoms. The Labute approximate surface area is 120 Å². The van der Waals surface area contributed by atoms with E-state index in [1.54, 1.807) is 7.11 Å². The van der Waals surface area contributed by atoms with Gasteiger partial charge in [-0.2, -0.15) is 0 Å². The fourth-order valence-electron chi connectivity index (χ4n) is 2.82. The maximum atomic E-state index is 6.52. The summed E-state index contributed by atoms with van der Waals surface area (Å²) in [5, 5.41) is 0.698. The molecule has 1 atom stereocenters.